The average molecular weight is 145 g/mol. The Bertz CT molecular complexity index is 205. The van der Waals surface area contributed by atoms with Crippen molar-refractivity contribution in [2.45, 2.75) is 20.4 Å². The zero-order valence-corrected chi connectivity index (χ0v) is 6.31. The molecule has 1 aromatic rings. The van der Waals surface area contributed by atoms with E-state index in [1.165, 1.54) is 0 Å². The number of hydrogen-bond donors (Lipinski definition) is 0. The molecule has 2 nitrogen and oxygen atoms in total. The van der Waals surface area contributed by atoms with E-state index < -0.39 is 0 Å². The molecule has 0 radical (unpaired) electrons. The third kappa shape index (κ3) is 1.08. The Balaban J connectivity index is 3.04. The third-order valence-electron chi connectivity index (χ3n) is 1.34. The van der Waals surface area contributed by atoms with Crippen molar-refractivity contribution < 1.29 is 0 Å². The van der Waals surface area contributed by atoms with E-state index in [2.05, 4.69) is 5.10 Å². The normalized spacial score (nSPS) is 10.1. The molecule has 0 saturated carbocycles. The van der Waals surface area contributed by atoms with Crippen molar-refractivity contribution in [2.75, 3.05) is 0 Å². The van der Waals surface area contributed by atoms with Gasteiger partial charge < -0.3 is 0 Å². The molecule has 0 unspecified atom stereocenters. The van der Waals surface area contributed by atoms with Gasteiger partial charge in [-0.2, -0.15) is 5.10 Å². The van der Waals surface area contributed by atoms with Gasteiger partial charge in [-0.3, -0.25) is 4.68 Å². The first kappa shape index (κ1) is 6.62. The molecule has 0 saturated heterocycles. The molecule has 1 aromatic heterocycles. The van der Waals surface area contributed by atoms with Crippen molar-refractivity contribution in [2.24, 2.45) is 0 Å². The van der Waals surface area contributed by atoms with Crippen molar-refractivity contribution in [1.82, 2.24) is 9.78 Å². The van der Waals surface area contributed by atoms with Crippen molar-refractivity contribution in [1.29, 1.82) is 0 Å². The largest absolute Gasteiger partial charge is 0.269 e. The Morgan fingerprint density at radius 2 is 2.44 bits per heavy atom. The van der Waals surface area contributed by atoms with Crippen molar-refractivity contribution >= 4 is 11.6 Å². The minimum absolute atomic E-state index is 0.747. The molecule has 1 rings (SSSR count). The molecular weight excluding hydrogens is 136 g/mol. The second kappa shape index (κ2) is 2.40. The fraction of sp³-hybridized carbons (Fsp3) is 0.500. The van der Waals surface area contributed by atoms with E-state index in [9.17, 15) is 0 Å². The second-order valence-corrected chi connectivity index (χ2v) is 2.30. The number of rotatable bonds is 1. The molecule has 0 aliphatic carbocycles. The van der Waals surface area contributed by atoms with Crippen LogP contribution >= 0.6 is 11.6 Å². The Labute approximate surface area is 59.4 Å². The smallest absolute Gasteiger partial charge is 0.0814 e. The summed E-state index contributed by atoms with van der Waals surface area (Å²) in [6.07, 6.45) is 1.67. The van der Waals surface area contributed by atoms with Crippen LogP contribution in [0.3, 0.4) is 0 Å². The van der Waals surface area contributed by atoms with Crippen LogP contribution in [0.4, 0.5) is 0 Å². The summed E-state index contributed by atoms with van der Waals surface area (Å²) in [4.78, 5) is 0. The van der Waals surface area contributed by atoms with E-state index in [0.29, 0.717) is 0 Å². The lowest BCUT2D eigenvalue weighted by Crippen LogP contribution is -1.97. The average Bonchev–Trinajstić information content (AvgIpc) is 2.15. The van der Waals surface area contributed by atoms with Crippen LogP contribution in [-0.4, -0.2) is 9.78 Å². The Kier molecular flexibility index (Phi) is 1.76. The minimum Gasteiger partial charge on any atom is -0.269 e. The molecule has 0 atom stereocenters. The number of nitrogens with zero attached hydrogens (tertiary/aromatic N) is 2. The number of aryl methyl sites for hydroxylation is 1. The summed E-state index contributed by atoms with van der Waals surface area (Å²) >= 11 is 5.72. The van der Waals surface area contributed by atoms with Gasteiger partial charge in [0.1, 0.15) is 0 Å². The van der Waals surface area contributed by atoms with E-state index in [1.807, 2.05) is 18.5 Å². The molecule has 0 aliphatic rings. The molecular formula is C6H9ClN2. The Hall–Kier alpha value is -0.500. The highest BCUT2D eigenvalue weighted by atomic mass is 35.5. The van der Waals surface area contributed by atoms with Gasteiger partial charge in [-0.15, -0.1) is 0 Å². The lowest BCUT2D eigenvalue weighted by atomic mass is 10.5. The zero-order chi connectivity index (χ0) is 6.85. The topological polar surface area (TPSA) is 17.8 Å². The first-order valence-electron chi connectivity index (χ1n) is 2.93. The van der Waals surface area contributed by atoms with Gasteiger partial charge in [0.25, 0.3) is 0 Å². The van der Waals surface area contributed by atoms with Gasteiger partial charge in [0.2, 0.25) is 0 Å². The molecule has 1 heterocycles. The summed E-state index contributed by atoms with van der Waals surface area (Å²) in [5.41, 5.74) is 1.04. The molecule has 0 aliphatic heterocycles. The van der Waals surface area contributed by atoms with Crippen LogP contribution < -0.4 is 0 Å². The fourth-order valence-corrected chi connectivity index (χ4v) is 0.884. The maximum Gasteiger partial charge on any atom is 0.0814 e. The van der Waals surface area contributed by atoms with Crippen LogP contribution in [0.5, 0.6) is 0 Å². The molecule has 0 aromatic carbocycles. The van der Waals surface area contributed by atoms with Gasteiger partial charge in [-0.25, -0.2) is 0 Å². The molecule has 0 bridgehead atoms. The summed E-state index contributed by atoms with van der Waals surface area (Å²) in [6.45, 7) is 4.88. The maximum atomic E-state index is 5.72. The van der Waals surface area contributed by atoms with Gasteiger partial charge >= 0.3 is 0 Å². The predicted octanol–water partition coefficient (Wildman–Crippen LogP) is 1.86. The molecule has 0 amide bonds. The standard InChI is InChI=1S/C6H9ClN2/c1-3-9-5(2)6(7)4-8-9/h4H,3H2,1-2H3. The lowest BCUT2D eigenvalue weighted by Gasteiger charge is -1.96. The SMILES string of the molecule is CCn1ncc(Cl)c1C. The van der Waals surface area contributed by atoms with Crippen molar-refractivity contribution in [3.05, 3.63) is 16.9 Å². The van der Waals surface area contributed by atoms with E-state index in [0.717, 1.165) is 17.3 Å². The van der Waals surface area contributed by atoms with Gasteiger partial charge in [0, 0.05) is 6.54 Å². The minimum atomic E-state index is 0.747. The summed E-state index contributed by atoms with van der Waals surface area (Å²) in [6, 6.07) is 0. The Morgan fingerprint density at radius 3 is 2.67 bits per heavy atom. The van der Waals surface area contributed by atoms with E-state index in [-0.39, 0.29) is 0 Å². The number of aromatic nitrogens is 2. The number of hydrogen-bond acceptors (Lipinski definition) is 1. The van der Waals surface area contributed by atoms with Crippen LogP contribution in [0, 0.1) is 6.92 Å². The molecule has 9 heavy (non-hydrogen) atoms. The maximum absolute atomic E-state index is 5.72. The predicted molar refractivity (Wildman–Crippen MR) is 37.6 cm³/mol. The van der Waals surface area contributed by atoms with E-state index in [1.54, 1.807) is 6.20 Å². The van der Waals surface area contributed by atoms with Crippen molar-refractivity contribution in [3.8, 4) is 0 Å². The van der Waals surface area contributed by atoms with Crippen LogP contribution in [0.25, 0.3) is 0 Å². The summed E-state index contributed by atoms with van der Waals surface area (Å²) in [5.74, 6) is 0. The molecule has 3 heteroatoms. The highest BCUT2D eigenvalue weighted by Crippen LogP contribution is 2.12. The van der Waals surface area contributed by atoms with Crippen molar-refractivity contribution in [3.63, 3.8) is 0 Å². The Morgan fingerprint density at radius 1 is 1.78 bits per heavy atom. The van der Waals surface area contributed by atoms with Crippen LogP contribution in [0.15, 0.2) is 6.20 Å². The highest BCUT2D eigenvalue weighted by Gasteiger charge is 1.99. The van der Waals surface area contributed by atoms with E-state index in [4.69, 9.17) is 11.6 Å². The van der Waals surface area contributed by atoms with E-state index >= 15 is 0 Å². The monoisotopic (exact) mass is 144 g/mol. The quantitative estimate of drug-likeness (QED) is 0.589. The highest BCUT2D eigenvalue weighted by molar-refractivity contribution is 6.31. The third-order valence-corrected chi connectivity index (χ3v) is 1.71. The fourth-order valence-electron chi connectivity index (χ4n) is 0.743. The lowest BCUT2D eigenvalue weighted by molar-refractivity contribution is 0.640. The summed E-state index contributed by atoms with van der Waals surface area (Å²) in [5, 5.41) is 4.77. The summed E-state index contributed by atoms with van der Waals surface area (Å²) in [7, 11) is 0. The first-order chi connectivity index (χ1) is 4.25. The number of halogens is 1. The van der Waals surface area contributed by atoms with Gasteiger partial charge in [-0.05, 0) is 13.8 Å². The second-order valence-electron chi connectivity index (χ2n) is 1.89. The first-order valence-corrected chi connectivity index (χ1v) is 3.31. The van der Waals surface area contributed by atoms with Gasteiger partial charge in [-0.1, -0.05) is 11.6 Å². The van der Waals surface area contributed by atoms with Crippen LogP contribution in [-0.2, 0) is 6.54 Å². The zero-order valence-electron chi connectivity index (χ0n) is 5.56. The molecule has 0 N–H and O–H groups in total. The molecule has 50 valence electrons. The van der Waals surface area contributed by atoms with Gasteiger partial charge in [0.05, 0.1) is 16.9 Å². The van der Waals surface area contributed by atoms with Gasteiger partial charge in [0.15, 0.2) is 0 Å². The summed E-state index contributed by atoms with van der Waals surface area (Å²) < 4.78 is 1.86. The van der Waals surface area contributed by atoms with Crippen LogP contribution in [0.1, 0.15) is 12.6 Å². The molecule has 0 spiro atoms. The molecule has 0 fully saturated rings. The van der Waals surface area contributed by atoms with Crippen LogP contribution in [0.2, 0.25) is 5.02 Å².